The predicted molar refractivity (Wildman–Crippen MR) is 127 cm³/mol. The first-order valence-electron chi connectivity index (χ1n) is 11.4. The number of nitrogens with two attached hydrogens (primary N) is 1. The number of hydrogen-bond acceptors (Lipinski definition) is 7. The molecule has 2 aromatic rings. The Kier molecular flexibility index (Phi) is 7.50. The minimum absolute atomic E-state index is 0.107. The van der Waals surface area contributed by atoms with Gasteiger partial charge in [-0.3, -0.25) is 4.57 Å². The first-order valence-corrected chi connectivity index (χ1v) is 11.4. The molecule has 1 aromatic heterocycles. The number of rotatable bonds is 6. The molecule has 0 bridgehead atoms. The maximum Gasteiger partial charge on any atom is 0.407 e. The molecule has 1 fully saturated rings. The van der Waals surface area contributed by atoms with E-state index in [1.165, 1.54) is 0 Å². The largest absolute Gasteiger partial charge is 0.461 e. The Balaban J connectivity index is 1.89. The van der Waals surface area contributed by atoms with Gasteiger partial charge in [-0.25, -0.2) is 9.59 Å². The number of carbonyl (C=O) groups excluding carboxylic acids is 2. The van der Waals surface area contributed by atoms with Crippen molar-refractivity contribution in [2.24, 2.45) is 0 Å². The summed E-state index contributed by atoms with van der Waals surface area (Å²) in [5, 5.41) is 2.96. The summed E-state index contributed by atoms with van der Waals surface area (Å²) in [5.41, 5.74) is 8.05. The van der Waals surface area contributed by atoms with Crippen LogP contribution in [-0.4, -0.2) is 53.0 Å². The van der Waals surface area contributed by atoms with Gasteiger partial charge in [-0.2, -0.15) is 4.98 Å². The van der Waals surface area contributed by atoms with Crippen molar-refractivity contribution in [1.29, 1.82) is 0 Å². The Morgan fingerprint density at radius 1 is 1.27 bits per heavy atom. The van der Waals surface area contributed by atoms with Crippen LogP contribution < -0.4 is 16.0 Å². The lowest BCUT2D eigenvalue weighted by Crippen LogP contribution is -2.49. The molecule has 0 aliphatic carbocycles. The first kappa shape index (κ1) is 24.4. The Hall–Kier alpha value is -3.23. The third-order valence-electron chi connectivity index (χ3n) is 5.46. The highest BCUT2D eigenvalue weighted by Gasteiger charge is 2.30. The van der Waals surface area contributed by atoms with Gasteiger partial charge < -0.3 is 25.4 Å². The summed E-state index contributed by atoms with van der Waals surface area (Å²) in [6, 6.07) is 7.89. The molecule has 1 aliphatic heterocycles. The second kappa shape index (κ2) is 10.1. The number of aryl methyl sites for hydroxylation is 1. The zero-order valence-electron chi connectivity index (χ0n) is 20.2. The fourth-order valence-corrected chi connectivity index (χ4v) is 3.97. The maximum absolute atomic E-state index is 12.7. The van der Waals surface area contributed by atoms with E-state index in [0.717, 1.165) is 30.5 Å². The molecule has 3 rings (SSSR count). The molecule has 0 radical (unpaired) electrons. The minimum Gasteiger partial charge on any atom is -0.461 e. The smallest absolute Gasteiger partial charge is 0.407 e. The van der Waals surface area contributed by atoms with E-state index in [-0.39, 0.29) is 24.2 Å². The molecule has 9 heteroatoms. The Labute approximate surface area is 195 Å². The van der Waals surface area contributed by atoms with Crippen LogP contribution >= 0.6 is 0 Å². The Bertz CT molecular complexity index is 995. The summed E-state index contributed by atoms with van der Waals surface area (Å²) in [6.07, 6.45) is 1.24. The molecular weight excluding hydrogens is 422 g/mol. The highest BCUT2D eigenvalue weighted by atomic mass is 16.6. The zero-order valence-corrected chi connectivity index (χ0v) is 20.2. The van der Waals surface area contributed by atoms with Crippen LogP contribution in [0.3, 0.4) is 0 Å². The third-order valence-corrected chi connectivity index (χ3v) is 5.46. The Morgan fingerprint density at radius 3 is 2.67 bits per heavy atom. The number of carbonyl (C=O) groups is 2. The highest BCUT2D eigenvalue weighted by molar-refractivity contribution is 5.93. The standard InChI is InChI=1S/C24H35N5O4/c1-6-32-21(30)19-20(25)27-22(29(19)14-17-11-8-7-10-16(17)2)28-13-9-12-18(15-28)26-23(31)33-24(3,4)5/h7-8,10-11,18H,6,9,12-15,25H2,1-5H3,(H,26,31)/t18-/m1/s1. The normalized spacial score (nSPS) is 16.4. The summed E-state index contributed by atoms with van der Waals surface area (Å²) in [6.45, 7) is 11.2. The number of anilines is 2. The number of amides is 1. The zero-order chi connectivity index (χ0) is 24.2. The molecule has 180 valence electrons. The van der Waals surface area contributed by atoms with Gasteiger partial charge in [0.1, 0.15) is 5.60 Å². The van der Waals surface area contributed by atoms with Gasteiger partial charge in [-0.15, -0.1) is 0 Å². The van der Waals surface area contributed by atoms with Crippen LogP contribution in [0.1, 0.15) is 62.2 Å². The summed E-state index contributed by atoms with van der Waals surface area (Å²) < 4.78 is 12.5. The van der Waals surface area contributed by atoms with E-state index in [1.807, 2.05) is 56.5 Å². The molecule has 0 saturated carbocycles. The van der Waals surface area contributed by atoms with Crippen LogP contribution in [0.25, 0.3) is 0 Å². The number of nitrogen functional groups attached to an aromatic ring is 1. The molecule has 1 saturated heterocycles. The van der Waals surface area contributed by atoms with E-state index in [2.05, 4.69) is 15.2 Å². The second-order valence-corrected chi connectivity index (χ2v) is 9.31. The van der Waals surface area contributed by atoms with Gasteiger partial charge in [0.25, 0.3) is 0 Å². The number of ether oxygens (including phenoxy) is 2. The lowest BCUT2D eigenvalue weighted by atomic mass is 10.1. The number of hydrogen-bond donors (Lipinski definition) is 2. The Morgan fingerprint density at radius 2 is 2.00 bits per heavy atom. The fourth-order valence-electron chi connectivity index (χ4n) is 3.97. The molecular formula is C24H35N5O4. The lowest BCUT2D eigenvalue weighted by molar-refractivity contribution is 0.0495. The summed E-state index contributed by atoms with van der Waals surface area (Å²) in [7, 11) is 0. The summed E-state index contributed by atoms with van der Waals surface area (Å²) in [5.74, 6) is 0.233. The topological polar surface area (TPSA) is 112 Å². The third kappa shape index (κ3) is 6.18. The highest BCUT2D eigenvalue weighted by Crippen LogP contribution is 2.27. The van der Waals surface area contributed by atoms with Crippen molar-refractivity contribution in [2.45, 2.75) is 65.6 Å². The number of alkyl carbamates (subject to hydrolysis) is 1. The maximum atomic E-state index is 12.7. The van der Waals surface area contributed by atoms with Gasteiger partial charge >= 0.3 is 12.1 Å². The number of nitrogens with one attached hydrogen (secondary N) is 1. The number of nitrogens with zero attached hydrogens (tertiary/aromatic N) is 3. The van der Waals surface area contributed by atoms with Crippen LogP contribution in [0.2, 0.25) is 0 Å². The number of imidazole rings is 1. The molecule has 33 heavy (non-hydrogen) atoms. The van der Waals surface area contributed by atoms with E-state index in [9.17, 15) is 9.59 Å². The number of benzene rings is 1. The van der Waals surface area contributed by atoms with E-state index >= 15 is 0 Å². The van der Waals surface area contributed by atoms with E-state index in [0.29, 0.717) is 19.0 Å². The molecule has 0 spiro atoms. The van der Waals surface area contributed by atoms with Crippen molar-refractivity contribution in [1.82, 2.24) is 14.9 Å². The molecule has 1 atom stereocenters. The molecule has 3 N–H and O–H groups in total. The summed E-state index contributed by atoms with van der Waals surface area (Å²) in [4.78, 5) is 31.6. The van der Waals surface area contributed by atoms with Gasteiger partial charge in [0.15, 0.2) is 11.5 Å². The number of piperidine rings is 1. The molecule has 1 aromatic carbocycles. The quantitative estimate of drug-likeness (QED) is 0.639. The van der Waals surface area contributed by atoms with Crippen molar-refractivity contribution in [3.8, 4) is 0 Å². The van der Waals surface area contributed by atoms with E-state index in [4.69, 9.17) is 15.2 Å². The number of aromatic nitrogens is 2. The average molecular weight is 458 g/mol. The second-order valence-electron chi connectivity index (χ2n) is 9.31. The first-order chi connectivity index (χ1) is 15.6. The van der Waals surface area contributed by atoms with Crippen LogP contribution in [0.4, 0.5) is 16.6 Å². The van der Waals surface area contributed by atoms with Crippen molar-refractivity contribution in [3.63, 3.8) is 0 Å². The fraction of sp³-hybridized carbons (Fsp3) is 0.542. The van der Waals surface area contributed by atoms with E-state index < -0.39 is 17.7 Å². The van der Waals surface area contributed by atoms with E-state index in [1.54, 1.807) is 6.92 Å². The average Bonchev–Trinajstić information content (AvgIpc) is 3.04. The van der Waals surface area contributed by atoms with Crippen LogP contribution in [0, 0.1) is 6.92 Å². The molecule has 1 amide bonds. The van der Waals surface area contributed by atoms with Crippen LogP contribution in [0.5, 0.6) is 0 Å². The van der Waals surface area contributed by atoms with Crippen molar-refractivity contribution in [3.05, 3.63) is 41.1 Å². The van der Waals surface area contributed by atoms with Crippen LogP contribution in [-0.2, 0) is 16.0 Å². The lowest BCUT2D eigenvalue weighted by Gasteiger charge is -2.34. The van der Waals surface area contributed by atoms with Gasteiger partial charge in [-0.05, 0) is 58.6 Å². The van der Waals surface area contributed by atoms with Gasteiger partial charge in [0, 0.05) is 19.1 Å². The molecule has 9 nitrogen and oxygen atoms in total. The van der Waals surface area contributed by atoms with Crippen LogP contribution in [0.15, 0.2) is 24.3 Å². The summed E-state index contributed by atoms with van der Waals surface area (Å²) >= 11 is 0. The van der Waals surface area contributed by atoms with Gasteiger partial charge in [0.05, 0.1) is 13.2 Å². The van der Waals surface area contributed by atoms with Crippen molar-refractivity contribution >= 4 is 23.8 Å². The monoisotopic (exact) mass is 457 g/mol. The minimum atomic E-state index is -0.564. The number of esters is 1. The molecule has 2 heterocycles. The molecule has 1 aliphatic rings. The van der Waals surface area contributed by atoms with Gasteiger partial charge in [0.2, 0.25) is 5.95 Å². The SMILES string of the molecule is CCOC(=O)c1c(N)nc(N2CCC[C@@H](NC(=O)OC(C)(C)C)C2)n1Cc1ccccc1C. The van der Waals surface area contributed by atoms with Gasteiger partial charge in [-0.1, -0.05) is 24.3 Å². The molecule has 0 unspecified atom stereocenters. The van der Waals surface area contributed by atoms with Crippen molar-refractivity contribution in [2.75, 3.05) is 30.3 Å². The predicted octanol–water partition coefficient (Wildman–Crippen LogP) is 3.49. The van der Waals surface area contributed by atoms with Crippen molar-refractivity contribution < 1.29 is 19.1 Å².